The third kappa shape index (κ3) is 5.92. The van der Waals surface area contributed by atoms with Gasteiger partial charge in [-0.25, -0.2) is 8.42 Å². The van der Waals surface area contributed by atoms with Crippen molar-refractivity contribution in [2.75, 3.05) is 19.5 Å². The molecule has 0 atom stereocenters. The first-order valence-electron chi connectivity index (χ1n) is 10.4. The number of hydrogen-bond donors (Lipinski definition) is 1. The normalized spacial score (nSPS) is 16.8. The summed E-state index contributed by atoms with van der Waals surface area (Å²) in [6, 6.07) is 12.5. The molecule has 0 spiro atoms. The summed E-state index contributed by atoms with van der Waals surface area (Å²) in [6.07, 6.45) is 3.20. The zero-order chi connectivity index (χ0) is 25.2. The van der Waals surface area contributed by atoms with Crippen LogP contribution in [0.2, 0.25) is 5.02 Å². The number of amides is 1. The SMILES string of the molecule is Cc1cc(OCCCOc2ccc(/C=C3\C(=N)N4N=C(S(C)(=O)=O)SC4=NC3=O)cc2)ccc1Cl. The molecule has 2 aromatic rings. The highest BCUT2D eigenvalue weighted by atomic mass is 35.5. The van der Waals surface area contributed by atoms with Crippen molar-refractivity contribution in [1.29, 1.82) is 5.41 Å². The van der Waals surface area contributed by atoms with Gasteiger partial charge in [0.15, 0.2) is 5.84 Å². The summed E-state index contributed by atoms with van der Waals surface area (Å²) in [5.74, 6) is 0.546. The molecular weight excluding hydrogens is 512 g/mol. The maximum Gasteiger partial charge on any atom is 0.283 e. The van der Waals surface area contributed by atoms with Gasteiger partial charge < -0.3 is 9.47 Å². The second kappa shape index (κ2) is 10.2. The lowest BCUT2D eigenvalue weighted by Gasteiger charge is -2.20. The smallest absolute Gasteiger partial charge is 0.283 e. The number of ether oxygens (including phenoxy) is 2. The summed E-state index contributed by atoms with van der Waals surface area (Å²) in [7, 11) is -3.58. The first-order valence-corrected chi connectivity index (χ1v) is 13.5. The van der Waals surface area contributed by atoms with E-state index in [0.717, 1.165) is 34.3 Å². The van der Waals surface area contributed by atoms with Crippen molar-refractivity contribution >= 4 is 60.6 Å². The fraction of sp³-hybridized carbons (Fsp3) is 0.217. The van der Waals surface area contributed by atoms with Crippen molar-refractivity contribution in [1.82, 2.24) is 5.01 Å². The average Bonchev–Trinajstić information content (AvgIpc) is 3.24. The van der Waals surface area contributed by atoms with Crippen LogP contribution < -0.4 is 9.47 Å². The molecule has 12 heteroatoms. The number of fused-ring (bicyclic) bond motifs is 1. The standard InChI is InChI=1S/C23H21ClN4O5S2/c1-14-12-17(8-9-19(14)24)33-11-3-10-32-16-6-4-15(5-7-16)13-18-20(25)28-22(26-21(18)29)34-23(27-28)35(2,30)31/h4-9,12-13,25H,3,10-11H2,1-2H3/b18-13+,25-20?. The average molecular weight is 533 g/mol. The van der Waals surface area contributed by atoms with E-state index in [9.17, 15) is 13.2 Å². The Hall–Kier alpha value is -3.15. The number of rotatable bonds is 7. The zero-order valence-corrected chi connectivity index (χ0v) is 21.2. The Morgan fingerprint density at radius 2 is 1.77 bits per heavy atom. The van der Waals surface area contributed by atoms with Crippen molar-refractivity contribution in [2.45, 2.75) is 13.3 Å². The number of sulfone groups is 1. The summed E-state index contributed by atoms with van der Waals surface area (Å²) in [6.45, 7) is 2.88. The maximum atomic E-state index is 12.4. The number of aryl methyl sites for hydroxylation is 1. The number of amidine groups is 2. The Labute approximate surface area is 211 Å². The van der Waals surface area contributed by atoms with E-state index >= 15 is 0 Å². The van der Waals surface area contributed by atoms with Crippen LogP contribution in [0.15, 0.2) is 58.1 Å². The summed E-state index contributed by atoms with van der Waals surface area (Å²) in [4.78, 5) is 16.3. The van der Waals surface area contributed by atoms with Crippen LogP contribution in [0.5, 0.6) is 11.5 Å². The summed E-state index contributed by atoms with van der Waals surface area (Å²) in [5.41, 5.74) is 1.62. The van der Waals surface area contributed by atoms with Gasteiger partial charge in [0.05, 0.1) is 18.8 Å². The highest BCUT2D eigenvalue weighted by molar-refractivity contribution is 8.42. The van der Waals surface area contributed by atoms with Gasteiger partial charge >= 0.3 is 0 Å². The first-order chi connectivity index (χ1) is 16.6. The van der Waals surface area contributed by atoms with E-state index in [1.54, 1.807) is 30.3 Å². The Bertz CT molecular complexity index is 1390. The molecule has 2 aliphatic rings. The molecule has 0 saturated heterocycles. The van der Waals surface area contributed by atoms with Crippen molar-refractivity contribution < 1.29 is 22.7 Å². The number of nitrogens with one attached hydrogen (secondary N) is 1. The lowest BCUT2D eigenvalue weighted by atomic mass is 10.1. The van der Waals surface area contributed by atoms with Crippen molar-refractivity contribution in [3.05, 3.63) is 64.2 Å². The number of benzene rings is 2. The van der Waals surface area contributed by atoms with Crippen LogP contribution in [0.1, 0.15) is 17.5 Å². The molecule has 35 heavy (non-hydrogen) atoms. The molecule has 0 radical (unpaired) electrons. The van der Waals surface area contributed by atoms with Crippen LogP contribution in [-0.2, 0) is 14.6 Å². The Morgan fingerprint density at radius 3 is 2.43 bits per heavy atom. The molecule has 0 saturated carbocycles. The van der Waals surface area contributed by atoms with E-state index in [4.69, 9.17) is 26.5 Å². The zero-order valence-electron chi connectivity index (χ0n) is 18.8. The van der Waals surface area contributed by atoms with Gasteiger partial charge in [0.1, 0.15) is 11.5 Å². The molecule has 2 aromatic carbocycles. The van der Waals surface area contributed by atoms with E-state index in [0.29, 0.717) is 36.0 Å². The van der Waals surface area contributed by atoms with Gasteiger partial charge in [0, 0.05) is 17.7 Å². The van der Waals surface area contributed by atoms with Crippen LogP contribution in [-0.4, -0.2) is 54.2 Å². The highest BCUT2D eigenvalue weighted by Crippen LogP contribution is 2.30. The second-order valence-corrected chi connectivity index (χ2v) is 11.2. The lowest BCUT2D eigenvalue weighted by Crippen LogP contribution is -2.35. The molecule has 182 valence electrons. The molecule has 0 aromatic heterocycles. The van der Waals surface area contributed by atoms with Crippen molar-refractivity contribution in [3.8, 4) is 11.5 Å². The van der Waals surface area contributed by atoms with Crippen LogP contribution in [0.4, 0.5) is 0 Å². The van der Waals surface area contributed by atoms with Gasteiger partial charge in [0.2, 0.25) is 19.4 Å². The topological polar surface area (TPSA) is 121 Å². The molecule has 4 rings (SSSR count). The Balaban J connectivity index is 1.33. The van der Waals surface area contributed by atoms with E-state index in [1.165, 1.54) is 6.08 Å². The summed E-state index contributed by atoms with van der Waals surface area (Å²) >= 11 is 6.76. The number of hydrogen-bond acceptors (Lipinski definition) is 8. The first kappa shape index (κ1) is 25.0. The molecule has 2 heterocycles. The summed E-state index contributed by atoms with van der Waals surface area (Å²) in [5, 5.41) is 14.0. The van der Waals surface area contributed by atoms with Crippen LogP contribution in [0.3, 0.4) is 0 Å². The number of thioether (sulfide) groups is 1. The van der Waals surface area contributed by atoms with Gasteiger partial charge in [-0.05, 0) is 66.2 Å². The van der Waals surface area contributed by atoms with Crippen LogP contribution in [0.25, 0.3) is 6.08 Å². The minimum absolute atomic E-state index is 0.0103. The molecular formula is C23H21ClN4O5S2. The Morgan fingerprint density at radius 1 is 1.11 bits per heavy atom. The van der Waals surface area contributed by atoms with Crippen molar-refractivity contribution in [2.24, 2.45) is 10.1 Å². The number of carbonyl (C=O) groups is 1. The van der Waals surface area contributed by atoms with Gasteiger partial charge in [-0.15, -0.1) is 5.10 Å². The fourth-order valence-electron chi connectivity index (χ4n) is 3.10. The van der Waals surface area contributed by atoms with E-state index in [-0.39, 0.29) is 21.0 Å². The largest absolute Gasteiger partial charge is 0.493 e. The third-order valence-electron chi connectivity index (χ3n) is 4.90. The molecule has 0 bridgehead atoms. The van der Waals surface area contributed by atoms with E-state index in [1.807, 2.05) is 19.1 Å². The monoisotopic (exact) mass is 532 g/mol. The Kier molecular flexibility index (Phi) is 7.29. The van der Waals surface area contributed by atoms with E-state index in [2.05, 4.69) is 10.1 Å². The molecule has 2 aliphatic heterocycles. The lowest BCUT2D eigenvalue weighted by molar-refractivity contribution is -0.114. The number of carbonyl (C=O) groups excluding carboxylic acids is 1. The van der Waals surface area contributed by atoms with Crippen LogP contribution >= 0.6 is 23.4 Å². The van der Waals surface area contributed by atoms with Gasteiger partial charge in [0.25, 0.3) is 5.91 Å². The van der Waals surface area contributed by atoms with Gasteiger partial charge in [-0.3, -0.25) is 10.2 Å². The highest BCUT2D eigenvalue weighted by Gasteiger charge is 2.38. The van der Waals surface area contributed by atoms with Crippen LogP contribution in [0, 0.1) is 12.3 Å². The molecule has 0 fully saturated rings. The summed E-state index contributed by atoms with van der Waals surface area (Å²) < 4.78 is 34.7. The number of aliphatic imine (C=N–C) groups is 1. The van der Waals surface area contributed by atoms with Crippen molar-refractivity contribution in [3.63, 3.8) is 0 Å². The molecule has 1 N–H and O–H groups in total. The number of hydrazone groups is 1. The van der Waals surface area contributed by atoms with E-state index < -0.39 is 15.7 Å². The molecule has 1 amide bonds. The molecule has 0 aliphatic carbocycles. The van der Waals surface area contributed by atoms with Gasteiger partial charge in [-0.1, -0.05) is 23.7 Å². The third-order valence-corrected chi connectivity index (χ3v) is 7.90. The molecule has 9 nitrogen and oxygen atoms in total. The van der Waals surface area contributed by atoms with Gasteiger partial charge in [-0.2, -0.15) is 10.0 Å². The number of halogens is 1. The fourth-order valence-corrected chi connectivity index (χ4v) is 4.90. The predicted molar refractivity (Wildman–Crippen MR) is 138 cm³/mol. The predicted octanol–water partition coefficient (Wildman–Crippen LogP) is 4.12. The minimum Gasteiger partial charge on any atom is -0.493 e. The second-order valence-electron chi connectivity index (χ2n) is 7.69. The maximum absolute atomic E-state index is 12.4. The quantitative estimate of drug-likeness (QED) is 0.420. The minimum atomic E-state index is -3.58. The number of nitrogens with zero attached hydrogens (tertiary/aromatic N) is 3. The molecule has 0 unspecified atom stereocenters.